The summed E-state index contributed by atoms with van der Waals surface area (Å²) >= 11 is 7.03. The molecule has 144 valence electrons. The van der Waals surface area contributed by atoms with Crippen LogP contribution in [0.2, 0.25) is 5.02 Å². The van der Waals surface area contributed by atoms with E-state index in [1.54, 1.807) is 35.7 Å². The molecule has 0 radical (unpaired) electrons. The summed E-state index contributed by atoms with van der Waals surface area (Å²) in [5, 5.41) is 10.4. The van der Waals surface area contributed by atoms with Crippen LogP contribution >= 0.6 is 22.9 Å². The average Bonchev–Trinajstić information content (AvgIpc) is 3.11. The number of hydrogen-bond donors (Lipinski definition) is 3. The topological polar surface area (TPSA) is 92.4 Å². The standard InChI is InChI=1S/C19H17ClN4O3S/c1-11-6-7-14(16(8-11)27-2)22-17(25)15-10-28-19(23-15)24-18(26)21-13-5-3-4-12(20)9-13/h3-10H,1-2H3,(H,22,25)(H2,21,23,24,26). The highest BCUT2D eigenvalue weighted by Gasteiger charge is 2.15. The Morgan fingerprint density at radius 1 is 1.11 bits per heavy atom. The fourth-order valence-electron chi connectivity index (χ4n) is 2.35. The van der Waals surface area contributed by atoms with Crippen molar-refractivity contribution in [1.82, 2.24) is 4.98 Å². The Bertz CT molecular complexity index is 1020. The Hall–Kier alpha value is -3.10. The Kier molecular flexibility index (Phi) is 6.13. The Labute approximate surface area is 170 Å². The molecule has 28 heavy (non-hydrogen) atoms. The van der Waals surface area contributed by atoms with Crippen molar-refractivity contribution < 1.29 is 14.3 Å². The first-order chi connectivity index (χ1) is 13.4. The van der Waals surface area contributed by atoms with Gasteiger partial charge in [0.1, 0.15) is 11.4 Å². The summed E-state index contributed by atoms with van der Waals surface area (Å²) in [5.41, 5.74) is 2.29. The molecule has 0 aliphatic rings. The lowest BCUT2D eigenvalue weighted by Gasteiger charge is -2.10. The van der Waals surface area contributed by atoms with E-state index >= 15 is 0 Å². The molecule has 0 spiro atoms. The maximum absolute atomic E-state index is 12.4. The van der Waals surface area contributed by atoms with Gasteiger partial charge in [0.2, 0.25) is 0 Å². The van der Waals surface area contributed by atoms with Crippen LogP contribution in [0.15, 0.2) is 47.8 Å². The van der Waals surface area contributed by atoms with Crippen LogP contribution in [-0.2, 0) is 0 Å². The Morgan fingerprint density at radius 2 is 1.93 bits per heavy atom. The lowest BCUT2D eigenvalue weighted by molar-refractivity contribution is 0.102. The summed E-state index contributed by atoms with van der Waals surface area (Å²) in [6.45, 7) is 1.93. The van der Waals surface area contributed by atoms with Crippen molar-refractivity contribution in [3.8, 4) is 5.75 Å². The molecule has 7 nitrogen and oxygen atoms in total. The van der Waals surface area contributed by atoms with Crippen molar-refractivity contribution in [1.29, 1.82) is 0 Å². The fourth-order valence-corrected chi connectivity index (χ4v) is 3.23. The number of aryl methyl sites for hydroxylation is 1. The number of aromatic nitrogens is 1. The van der Waals surface area contributed by atoms with Crippen LogP contribution < -0.4 is 20.7 Å². The number of rotatable bonds is 5. The van der Waals surface area contributed by atoms with Gasteiger partial charge in [0.05, 0.1) is 12.8 Å². The molecule has 3 amide bonds. The van der Waals surface area contributed by atoms with E-state index in [0.29, 0.717) is 27.3 Å². The molecule has 0 fully saturated rings. The number of nitrogens with one attached hydrogen (secondary N) is 3. The van der Waals surface area contributed by atoms with Crippen molar-refractivity contribution in [2.75, 3.05) is 23.1 Å². The minimum absolute atomic E-state index is 0.186. The lowest BCUT2D eigenvalue weighted by atomic mass is 10.2. The molecule has 0 unspecified atom stereocenters. The van der Waals surface area contributed by atoms with E-state index in [1.807, 2.05) is 19.1 Å². The summed E-state index contributed by atoms with van der Waals surface area (Å²) in [6.07, 6.45) is 0. The number of benzene rings is 2. The summed E-state index contributed by atoms with van der Waals surface area (Å²) < 4.78 is 5.28. The van der Waals surface area contributed by atoms with Crippen LogP contribution in [0.4, 0.5) is 21.3 Å². The molecule has 3 N–H and O–H groups in total. The monoisotopic (exact) mass is 416 g/mol. The molecule has 0 aliphatic heterocycles. The summed E-state index contributed by atoms with van der Waals surface area (Å²) in [6, 6.07) is 11.7. The van der Waals surface area contributed by atoms with Gasteiger partial charge in [0.15, 0.2) is 5.13 Å². The first-order valence-electron chi connectivity index (χ1n) is 8.19. The minimum atomic E-state index is -0.483. The van der Waals surface area contributed by atoms with Crippen molar-refractivity contribution in [3.05, 3.63) is 64.1 Å². The second-order valence-corrected chi connectivity index (χ2v) is 7.08. The minimum Gasteiger partial charge on any atom is -0.495 e. The number of carbonyl (C=O) groups is 2. The van der Waals surface area contributed by atoms with E-state index in [-0.39, 0.29) is 5.69 Å². The second kappa shape index (κ2) is 8.73. The largest absolute Gasteiger partial charge is 0.495 e. The third kappa shape index (κ3) is 4.99. The van der Waals surface area contributed by atoms with Crippen LogP contribution in [0.25, 0.3) is 0 Å². The summed E-state index contributed by atoms with van der Waals surface area (Å²) in [5.74, 6) is 0.157. The zero-order valence-corrected chi connectivity index (χ0v) is 16.6. The number of methoxy groups -OCH3 is 1. The van der Waals surface area contributed by atoms with Crippen molar-refractivity contribution >= 4 is 51.4 Å². The number of carbonyl (C=O) groups excluding carboxylic acids is 2. The van der Waals surface area contributed by atoms with Gasteiger partial charge < -0.3 is 15.4 Å². The van der Waals surface area contributed by atoms with Gasteiger partial charge in [-0.1, -0.05) is 23.7 Å². The van der Waals surface area contributed by atoms with E-state index in [1.165, 1.54) is 7.11 Å². The zero-order chi connectivity index (χ0) is 20.1. The van der Waals surface area contributed by atoms with E-state index in [0.717, 1.165) is 16.9 Å². The number of amides is 3. The lowest BCUT2D eigenvalue weighted by Crippen LogP contribution is -2.19. The van der Waals surface area contributed by atoms with Crippen LogP contribution in [0, 0.1) is 6.92 Å². The summed E-state index contributed by atoms with van der Waals surface area (Å²) in [7, 11) is 1.54. The third-order valence-corrected chi connectivity index (χ3v) is 4.64. The van der Waals surface area contributed by atoms with E-state index in [4.69, 9.17) is 16.3 Å². The van der Waals surface area contributed by atoms with Gasteiger partial charge in [-0.05, 0) is 42.8 Å². The summed E-state index contributed by atoms with van der Waals surface area (Å²) in [4.78, 5) is 28.6. The highest BCUT2D eigenvalue weighted by Crippen LogP contribution is 2.26. The molecular formula is C19H17ClN4O3S. The number of nitrogens with zero attached hydrogens (tertiary/aromatic N) is 1. The molecule has 3 rings (SSSR count). The number of urea groups is 1. The predicted molar refractivity (Wildman–Crippen MR) is 112 cm³/mol. The maximum atomic E-state index is 12.4. The molecule has 0 saturated carbocycles. The van der Waals surface area contributed by atoms with Gasteiger partial charge in [-0.3, -0.25) is 10.1 Å². The number of ether oxygens (including phenoxy) is 1. The van der Waals surface area contributed by atoms with Gasteiger partial charge in [0, 0.05) is 16.1 Å². The quantitative estimate of drug-likeness (QED) is 0.545. The fraction of sp³-hybridized carbons (Fsp3) is 0.105. The van der Waals surface area contributed by atoms with Gasteiger partial charge in [-0.25, -0.2) is 9.78 Å². The smallest absolute Gasteiger partial charge is 0.325 e. The SMILES string of the molecule is COc1cc(C)ccc1NC(=O)c1csc(NC(=O)Nc2cccc(Cl)c2)n1. The second-order valence-electron chi connectivity index (χ2n) is 5.79. The molecule has 0 saturated heterocycles. The van der Waals surface area contributed by atoms with Gasteiger partial charge in [-0.15, -0.1) is 11.3 Å². The van der Waals surface area contributed by atoms with Crippen LogP contribution in [-0.4, -0.2) is 24.0 Å². The van der Waals surface area contributed by atoms with Gasteiger partial charge in [0.25, 0.3) is 5.91 Å². The molecule has 3 aromatic rings. The van der Waals surface area contributed by atoms with Crippen molar-refractivity contribution in [3.63, 3.8) is 0 Å². The molecule has 1 heterocycles. The van der Waals surface area contributed by atoms with Crippen molar-refractivity contribution in [2.24, 2.45) is 0 Å². The number of anilines is 3. The maximum Gasteiger partial charge on any atom is 0.325 e. The highest BCUT2D eigenvalue weighted by atomic mass is 35.5. The van der Waals surface area contributed by atoms with Gasteiger partial charge in [-0.2, -0.15) is 0 Å². The highest BCUT2D eigenvalue weighted by molar-refractivity contribution is 7.14. The number of hydrogen-bond acceptors (Lipinski definition) is 5. The van der Waals surface area contributed by atoms with Crippen LogP contribution in [0.1, 0.15) is 16.1 Å². The molecule has 0 atom stereocenters. The molecule has 9 heteroatoms. The average molecular weight is 417 g/mol. The zero-order valence-electron chi connectivity index (χ0n) is 15.1. The number of thiazole rings is 1. The van der Waals surface area contributed by atoms with E-state index in [9.17, 15) is 9.59 Å². The molecular weight excluding hydrogens is 400 g/mol. The van der Waals surface area contributed by atoms with Crippen molar-refractivity contribution in [2.45, 2.75) is 6.92 Å². The van der Waals surface area contributed by atoms with E-state index < -0.39 is 11.9 Å². The molecule has 1 aromatic heterocycles. The Balaban J connectivity index is 1.63. The normalized spacial score (nSPS) is 10.2. The number of halogens is 1. The Morgan fingerprint density at radius 3 is 2.68 bits per heavy atom. The molecule has 0 bridgehead atoms. The molecule has 0 aliphatic carbocycles. The van der Waals surface area contributed by atoms with Crippen LogP contribution in [0.3, 0.4) is 0 Å². The van der Waals surface area contributed by atoms with Crippen LogP contribution in [0.5, 0.6) is 5.75 Å². The van der Waals surface area contributed by atoms with E-state index in [2.05, 4.69) is 20.9 Å². The molecule has 2 aromatic carbocycles. The predicted octanol–water partition coefficient (Wildman–Crippen LogP) is 5.01. The third-order valence-electron chi connectivity index (χ3n) is 3.65. The first-order valence-corrected chi connectivity index (χ1v) is 9.45. The van der Waals surface area contributed by atoms with Gasteiger partial charge >= 0.3 is 6.03 Å². The first kappa shape index (κ1) is 19.7.